The summed E-state index contributed by atoms with van der Waals surface area (Å²) in [5.41, 5.74) is 2.59. The third-order valence-electron chi connectivity index (χ3n) is 3.33. The molecular formula is C16H14N2OS. The number of aryl methyl sites for hydroxylation is 2. The van der Waals surface area contributed by atoms with E-state index >= 15 is 0 Å². The minimum atomic E-state index is 0.0948. The quantitative estimate of drug-likeness (QED) is 0.687. The molecule has 0 N–H and O–H groups in total. The van der Waals surface area contributed by atoms with Crippen molar-refractivity contribution in [1.29, 1.82) is 0 Å². The van der Waals surface area contributed by atoms with Crippen molar-refractivity contribution in [3.05, 3.63) is 57.7 Å². The van der Waals surface area contributed by atoms with Crippen LogP contribution in [0.15, 0.2) is 36.5 Å². The van der Waals surface area contributed by atoms with Crippen molar-refractivity contribution >= 4 is 28.0 Å². The SMILES string of the molecule is Cc1nc(CC(=O)c2cccc3ncccc23)sc1C. The van der Waals surface area contributed by atoms with E-state index in [2.05, 4.69) is 9.97 Å². The predicted octanol–water partition coefficient (Wildman–Crippen LogP) is 3.73. The molecule has 0 saturated heterocycles. The molecule has 4 heteroatoms. The molecule has 3 rings (SSSR count). The average molecular weight is 282 g/mol. The monoisotopic (exact) mass is 282 g/mol. The van der Waals surface area contributed by atoms with E-state index in [-0.39, 0.29) is 5.78 Å². The van der Waals surface area contributed by atoms with Gasteiger partial charge in [0.25, 0.3) is 0 Å². The molecule has 2 heterocycles. The van der Waals surface area contributed by atoms with E-state index in [0.717, 1.165) is 27.2 Å². The normalized spacial score (nSPS) is 10.9. The van der Waals surface area contributed by atoms with Crippen molar-refractivity contribution in [3.63, 3.8) is 0 Å². The van der Waals surface area contributed by atoms with Gasteiger partial charge in [0.05, 0.1) is 17.6 Å². The molecule has 0 aliphatic rings. The van der Waals surface area contributed by atoms with Gasteiger partial charge < -0.3 is 0 Å². The minimum Gasteiger partial charge on any atom is -0.294 e. The number of carbonyl (C=O) groups excluding carboxylic acids is 1. The lowest BCUT2D eigenvalue weighted by Gasteiger charge is -2.03. The van der Waals surface area contributed by atoms with Gasteiger partial charge in [-0.3, -0.25) is 9.78 Å². The highest BCUT2D eigenvalue weighted by molar-refractivity contribution is 7.11. The molecule has 0 unspecified atom stereocenters. The number of nitrogens with zero attached hydrogens (tertiary/aromatic N) is 2. The second kappa shape index (κ2) is 5.13. The van der Waals surface area contributed by atoms with Crippen molar-refractivity contribution in [1.82, 2.24) is 9.97 Å². The third kappa shape index (κ3) is 2.34. The minimum absolute atomic E-state index is 0.0948. The Kier molecular flexibility index (Phi) is 3.32. The van der Waals surface area contributed by atoms with Gasteiger partial charge in [-0.05, 0) is 26.0 Å². The van der Waals surface area contributed by atoms with Gasteiger partial charge in [-0.1, -0.05) is 18.2 Å². The lowest BCUT2D eigenvalue weighted by molar-refractivity contribution is 0.0994. The fraction of sp³-hybridized carbons (Fsp3) is 0.188. The fourth-order valence-corrected chi connectivity index (χ4v) is 3.13. The molecule has 0 aliphatic carbocycles. The third-order valence-corrected chi connectivity index (χ3v) is 4.40. The molecule has 0 saturated carbocycles. The van der Waals surface area contributed by atoms with Gasteiger partial charge in [0, 0.05) is 22.0 Å². The maximum atomic E-state index is 12.5. The van der Waals surface area contributed by atoms with Crippen molar-refractivity contribution in [2.45, 2.75) is 20.3 Å². The second-order valence-corrected chi connectivity index (χ2v) is 6.01. The number of hydrogen-bond donors (Lipinski definition) is 0. The highest BCUT2D eigenvalue weighted by Gasteiger charge is 2.13. The molecule has 3 nitrogen and oxygen atoms in total. The topological polar surface area (TPSA) is 42.9 Å². The molecule has 0 aliphatic heterocycles. The molecule has 20 heavy (non-hydrogen) atoms. The van der Waals surface area contributed by atoms with E-state index in [9.17, 15) is 4.79 Å². The number of rotatable bonds is 3. The van der Waals surface area contributed by atoms with E-state index in [1.165, 1.54) is 4.88 Å². The van der Waals surface area contributed by atoms with E-state index in [1.54, 1.807) is 17.5 Å². The fourth-order valence-electron chi connectivity index (χ4n) is 2.19. The first-order chi connectivity index (χ1) is 9.65. The zero-order valence-corrected chi connectivity index (χ0v) is 12.2. The maximum absolute atomic E-state index is 12.5. The largest absolute Gasteiger partial charge is 0.294 e. The van der Waals surface area contributed by atoms with Gasteiger partial charge in [-0.25, -0.2) is 4.98 Å². The number of benzene rings is 1. The number of ketones is 1. The van der Waals surface area contributed by atoms with Gasteiger partial charge in [0.15, 0.2) is 5.78 Å². The van der Waals surface area contributed by atoms with E-state index in [1.807, 2.05) is 44.2 Å². The summed E-state index contributed by atoms with van der Waals surface area (Å²) in [7, 11) is 0. The van der Waals surface area contributed by atoms with Crippen LogP contribution in [-0.2, 0) is 6.42 Å². The zero-order valence-electron chi connectivity index (χ0n) is 11.4. The van der Waals surface area contributed by atoms with Crippen LogP contribution in [0, 0.1) is 13.8 Å². The molecule has 0 spiro atoms. The summed E-state index contributed by atoms with van der Waals surface area (Å²) in [6, 6.07) is 9.45. The summed E-state index contributed by atoms with van der Waals surface area (Å²) in [4.78, 5) is 22.4. The average Bonchev–Trinajstić information content (AvgIpc) is 2.76. The van der Waals surface area contributed by atoms with Crippen LogP contribution in [0.1, 0.15) is 25.9 Å². The number of hydrogen-bond acceptors (Lipinski definition) is 4. The zero-order chi connectivity index (χ0) is 14.1. The molecule has 0 amide bonds. The molecule has 2 aromatic heterocycles. The van der Waals surface area contributed by atoms with E-state index < -0.39 is 0 Å². The lowest BCUT2D eigenvalue weighted by Crippen LogP contribution is -2.04. The van der Waals surface area contributed by atoms with Crippen molar-refractivity contribution in [2.75, 3.05) is 0 Å². The number of Topliss-reactive ketones (excluding diaryl/α,β-unsaturated/α-hetero) is 1. The molecule has 0 bridgehead atoms. The number of fused-ring (bicyclic) bond motifs is 1. The van der Waals surface area contributed by atoms with Crippen molar-refractivity contribution < 1.29 is 4.79 Å². The number of thiazole rings is 1. The Morgan fingerprint density at radius 1 is 1.20 bits per heavy atom. The Bertz CT molecular complexity index is 767. The Balaban J connectivity index is 1.96. The van der Waals surface area contributed by atoms with Crippen LogP contribution in [0.5, 0.6) is 0 Å². The lowest BCUT2D eigenvalue weighted by atomic mass is 10.0. The van der Waals surface area contributed by atoms with Crippen LogP contribution in [0.2, 0.25) is 0 Å². The van der Waals surface area contributed by atoms with Crippen LogP contribution >= 0.6 is 11.3 Å². The molecule has 3 aromatic rings. The predicted molar refractivity (Wildman–Crippen MR) is 81.4 cm³/mol. The second-order valence-electron chi connectivity index (χ2n) is 4.72. The molecule has 100 valence electrons. The standard InChI is InChI=1S/C16H14N2OS/c1-10-11(2)20-16(18-10)9-15(19)13-5-3-7-14-12(13)6-4-8-17-14/h3-8H,9H2,1-2H3. The highest BCUT2D eigenvalue weighted by Crippen LogP contribution is 2.21. The first-order valence-corrected chi connectivity index (χ1v) is 7.26. The van der Waals surface area contributed by atoms with Crippen molar-refractivity contribution in [3.8, 4) is 0 Å². The maximum Gasteiger partial charge on any atom is 0.170 e. The first-order valence-electron chi connectivity index (χ1n) is 6.45. The summed E-state index contributed by atoms with van der Waals surface area (Å²) >= 11 is 1.60. The molecule has 1 aromatic carbocycles. The highest BCUT2D eigenvalue weighted by atomic mass is 32.1. The summed E-state index contributed by atoms with van der Waals surface area (Å²) < 4.78 is 0. The van der Waals surface area contributed by atoms with E-state index in [4.69, 9.17) is 0 Å². The number of aromatic nitrogens is 2. The first kappa shape index (κ1) is 12.9. The molecule has 0 fully saturated rings. The van der Waals surface area contributed by atoms with Crippen LogP contribution in [-0.4, -0.2) is 15.8 Å². The van der Waals surface area contributed by atoms with Crippen LogP contribution in [0.25, 0.3) is 10.9 Å². The molecule has 0 atom stereocenters. The Morgan fingerprint density at radius 3 is 2.80 bits per heavy atom. The molecular weight excluding hydrogens is 268 g/mol. The van der Waals surface area contributed by atoms with Gasteiger partial charge in [0.2, 0.25) is 0 Å². The van der Waals surface area contributed by atoms with Gasteiger partial charge in [0.1, 0.15) is 5.01 Å². The van der Waals surface area contributed by atoms with Gasteiger partial charge >= 0.3 is 0 Å². The Morgan fingerprint density at radius 2 is 2.05 bits per heavy atom. The Hall–Kier alpha value is -2.07. The molecule has 0 radical (unpaired) electrons. The summed E-state index contributed by atoms with van der Waals surface area (Å²) in [5.74, 6) is 0.0948. The summed E-state index contributed by atoms with van der Waals surface area (Å²) in [6.45, 7) is 4.00. The van der Waals surface area contributed by atoms with Crippen LogP contribution in [0.3, 0.4) is 0 Å². The smallest absolute Gasteiger partial charge is 0.170 e. The number of pyridine rings is 1. The van der Waals surface area contributed by atoms with Crippen LogP contribution < -0.4 is 0 Å². The summed E-state index contributed by atoms with van der Waals surface area (Å²) in [6.07, 6.45) is 2.09. The van der Waals surface area contributed by atoms with E-state index in [0.29, 0.717) is 6.42 Å². The van der Waals surface area contributed by atoms with Crippen molar-refractivity contribution in [2.24, 2.45) is 0 Å². The number of carbonyl (C=O) groups is 1. The summed E-state index contributed by atoms with van der Waals surface area (Å²) in [5, 5.41) is 1.79. The Labute approximate surface area is 121 Å². The van der Waals surface area contributed by atoms with Crippen LogP contribution in [0.4, 0.5) is 0 Å². The van der Waals surface area contributed by atoms with Gasteiger partial charge in [-0.15, -0.1) is 11.3 Å². The van der Waals surface area contributed by atoms with Gasteiger partial charge in [-0.2, -0.15) is 0 Å².